The maximum absolute atomic E-state index is 12.8. The van der Waals surface area contributed by atoms with Crippen molar-refractivity contribution in [3.63, 3.8) is 0 Å². The highest BCUT2D eigenvalue weighted by Gasteiger charge is 2.23. The van der Waals surface area contributed by atoms with Gasteiger partial charge in [0.25, 0.3) is 0 Å². The van der Waals surface area contributed by atoms with Gasteiger partial charge in [-0.25, -0.2) is 9.18 Å². The fourth-order valence-corrected chi connectivity index (χ4v) is 2.13. The van der Waals surface area contributed by atoms with Crippen LogP contribution in [0.2, 0.25) is 0 Å². The summed E-state index contributed by atoms with van der Waals surface area (Å²) in [4.78, 5) is 15.8. The van der Waals surface area contributed by atoms with Gasteiger partial charge >= 0.3 is 6.03 Å². The summed E-state index contributed by atoms with van der Waals surface area (Å²) < 4.78 is 12.8. The summed E-state index contributed by atoms with van der Waals surface area (Å²) in [5, 5.41) is 11.6. The number of hydrogen-bond donors (Lipinski definition) is 1. The molecule has 1 fully saturated rings. The fraction of sp³-hybridized carbons (Fsp3) is 0.429. The molecule has 1 saturated heterocycles. The number of halogens is 1. The lowest BCUT2D eigenvalue weighted by molar-refractivity contribution is 0.135. The lowest BCUT2D eigenvalue weighted by Gasteiger charge is -2.35. The third-order valence-corrected chi connectivity index (χ3v) is 3.43. The van der Waals surface area contributed by atoms with Gasteiger partial charge in [0, 0.05) is 31.9 Å². The molecule has 6 heteroatoms. The smallest absolute Gasteiger partial charge is 0.321 e. The topological polar surface area (TPSA) is 59.4 Å². The van der Waals surface area contributed by atoms with Crippen LogP contribution in [0.25, 0.3) is 0 Å². The number of nitrogens with zero attached hydrogens (tertiary/aromatic N) is 3. The van der Waals surface area contributed by atoms with E-state index in [1.54, 1.807) is 4.90 Å². The van der Waals surface area contributed by atoms with Crippen molar-refractivity contribution in [2.75, 3.05) is 31.5 Å². The lowest BCUT2D eigenvalue weighted by atomic mass is 10.2. The molecule has 20 heavy (non-hydrogen) atoms. The van der Waals surface area contributed by atoms with Gasteiger partial charge in [-0.05, 0) is 31.2 Å². The van der Waals surface area contributed by atoms with E-state index in [-0.39, 0.29) is 17.9 Å². The van der Waals surface area contributed by atoms with Gasteiger partial charge in [-0.1, -0.05) is 0 Å². The zero-order valence-corrected chi connectivity index (χ0v) is 11.3. The summed E-state index contributed by atoms with van der Waals surface area (Å²) in [6.07, 6.45) is 0. The number of urea groups is 1. The first-order chi connectivity index (χ1) is 9.60. The Labute approximate surface area is 117 Å². The van der Waals surface area contributed by atoms with Crippen LogP contribution >= 0.6 is 0 Å². The zero-order valence-electron chi connectivity index (χ0n) is 11.3. The number of hydrogen-bond acceptors (Lipinski definition) is 3. The van der Waals surface area contributed by atoms with Crippen LogP contribution in [0.4, 0.5) is 14.9 Å². The number of nitriles is 1. The van der Waals surface area contributed by atoms with Gasteiger partial charge in [0.1, 0.15) is 5.82 Å². The van der Waals surface area contributed by atoms with Crippen molar-refractivity contribution < 1.29 is 9.18 Å². The maximum atomic E-state index is 12.8. The number of carbonyl (C=O) groups excluding carboxylic acids is 1. The summed E-state index contributed by atoms with van der Waals surface area (Å²) >= 11 is 0. The van der Waals surface area contributed by atoms with Gasteiger partial charge in [0.05, 0.1) is 12.1 Å². The molecule has 0 aromatic heterocycles. The minimum Gasteiger partial charge on any atom is -0.322 e. The number of rotatable bonds is 2. The van der Waals surface area contributed by atoms with Crippen molar-refractivity contribution in [3.05, 3.63) is 30.1 Å². The van der Waals surface area contributed by atoms with Gasteiger partial charge in [0.15, 0.2) is 0 Å². The Balaban J connectivity index is 1.86. The molecule has 2 rings (SSSR count). The van der Waals surface area contributed by atoms with Crippen LogP contribution in [0.15, 0.2) is 24.3 Å². The zero-order chi connectivity index (χ0) is 14.5. The second kappa shape index (κ2) is 6.35. The lowest BCUT2D eigenvalue weighted by Crippen LogP contribution is -2.52. The number of benzene rings is 1. The molecule has 106 valence electrons. The van der Waals surface area contributed by atoms with Crippen LogP contribution in [0.3, 0.4) is 0 Å². The number of nitrogens with one attached hydrogen (secondary N) is 1. The molecule has 0 saturated carbocycles. The summed E-state index contributed by atoms with van der Waals surface area (Å²) in [5.74, 6) is -0.331. The number of carbonyl (C=O) groups is 1. The third kappa shape index (κ3) is 3.45. The standard InChI is InChI=1S/C14H17FN4O/c1-11(10-16)18-6-8-19(9-7-18)14(20)17-13-4-2-12(15)3-5-13/h2-5,11H,6-9H2,1H3,(H,17,20). The average molecular weight is 276 g/mol. The molecule has 1 aliphatic rings. The summed E-state index contributed by atoms with van der Waals surface area (Å²) in [6.45, 7) is 4.39. The highest BCUT2D eigenvalue weighted by atomic mass is 19.1. The van der Waals surface area contributed by atoms with Crippen molar-refractivity contribution >= 4 is 11.7 Å². The minimum atomic E-state index is -0.331. The third-order valence-electron chi connectivity index (χ3n) is 3.43. The SMILES string of the molecule is CC(C#N)N1CCN(C(=O)Nc2ccc(F)cc2)CC1. The quantitative estimate of drug-likeness (QED) is 0.897. The van der Waals surface area contributed by atoms with E-state index in [4.69, 9.17) is 5.26 Å². The molecule has 2 amide bonds. The second-order valence-electron chi connectivity index (χ2n) is 4.77. The predicted molar refractivity (Wildman–Crippen MR) is 73.6 cm³/mol. The first-order valence-corrected chi connectivity index (χ1v) is 6.55. The molecule has 1 N–H and O–H groups in total. The van der Waals surface area contributed by atoms with Crippen LogP contribution < -0.4 is 5.32 Å². The monoisotopic (exact) mass is 276 g/mol. The highest BCUT2D eigenvalue weighted by molar-refractivity contribution is 5.89. The van der Waals surface area contributed by atoms with Crippen molar-refractivity contribution in [3.8, 4) is 6.07 Å². The molecular weight excluding hydrogens is 259 g/mol. The average Bonchev–Trinajstić information content (AvgIpc) is 2.49. The minimum absolute atomic E-state index is 0.127. The van der Waals surface area contributed by atoms with Crippen LogP contribution in [0, 0.1) is 17.1 Å². The maximum Gasteiger partial charge on any atom is 0.321 e. The molecule has 0 aliphatic carbocycles. The summed E-state index contributed by atoms with van der Waals surface area (Å²) in [6, 6.07) is 7.55. The molecule has 0 bridgehead atoms. The molecule has 5 nitrogen and oxygen atoms in total. The Morgan fingerprint density at radius 2 is 1.90 bits per heavy atom. The Kier molecular flexibility index (Phi) is 4.53. The molecule has 1 aromatic carbocycles. The summed E-state index contributed by atoms with van der Waals surface area (Å²) in [5.41, 5.74) is 0.573. The molecule has 1 atom stereocenters. The molecule has 0 spiro atoms. The van der Waals surface area contributed by atoms with E-state index in [2.05, 4.69) is 11.4 Å². The summed E-state index contributed by atoms with van der Waals surface area (Å²) in [7, 11) is 0. The van der Waals surface area contributed by atoms with E-state index in [0.29, 0.717) is 31.9 Å². The number of anilines is 1. The van der Waals surface area contributed by atoms with Crippen LogP contribution in [-0.2, 0) is 0 Å². The normalized spacial score (nSPS) is 17.4. The van der Waals surface area contributed by atoms with E-state index in [9.17, 15) is 9.18 Å². The van der Waals surface area contributed by atoms with E-state index in [1.165, 1.54) is 24.3 Å². The van der Waals surface area contributed by atoms with Gasteiger partial charge in [-0.3, -0.25) is 4.90 Å². The Morgan fingerprint density at radius 1 is 1.30 bits per heavy atom. The fourth-order valence-electron chi connectivity index (χ4n) is 2.13. The van der Waals surface area contributed by atoms with Crippen molar-refractivity contribution in [1.29, 1.82) is 5.26 Å². The number of amides is 2. The molecule has 1 unspecified atom stereocenters. The highest BCUT2D eigenvalue weighted by Crippen LogP contribution is 2.11. The Hall–Kier alpha value is -2.13. The van der Waals surface area contributed by atoms with Gasteiger partial charge in [-0.2, -0.15) is 5.26 Å². The van der Waals surface area contributed by atoms with Gasteiger partial charge in [0.2, 0.25) is 0 Å². The first kappa shape index (κ1) is 14.3. The van der Waals surface area contributed by atoms with E-state index in [1.807, 2.05) is 11.8 Å². The van der Waals surface area contributed by atoms with E-state index >= 15 is 0 Å². The van der Waals surface area contributed by atoms with Crippen LogP contribution in [0.5, 0.6) is 0 Å². The van der Waals surface area contributed by atoms with E-state index in [0.717, 1.165) is 0 Å². The van der Waals surface area contributed by atoms with Crippen LogP contribution in [-0.4, -0.2) is 48.1 Å². The Bertz CT molecular complexity index is 503. The predicted octanol–water partition coefficient (Wildman–Crippen LogP) is 1.89. The van der Waals surface area contributed by atoms with Crippen molar-refractivity contribution in [2.24, 2.45) is 0 Å². The Morgan fingerprint density at radius 3 is 2.45 bits per heavy atom. The first-order valence-electron chi connectivity index (χ1n) is 6.55. The van der Waals surface area contributed by atoms with Crippen molar-refractivity contribution in [2.45, 2.75) is 13.0 Å². The van der Waals surface area contributed by atoms with Gasteiger partial charge < -0.3 is 10.2 Å². The molecule has 1 heterocycles. The van der Waals surface area contributed by atoms with Crippen LogP contribution in [0.1, 0.15) is 6.92 Å². The molecule has 1 aliphatic heterocycles. The van der Waals surface area contributed by atoms with Crippen molar-refractivity contribution in [1.82, 2.24) is 9.80 Å². The largest absolute Gasteiger partial charge is 0.322 e. The molecule has 0 radical (unpaired) electrons. The molecular formula is C14H17FN4O. The van der Waals surface area contributed by atoms with Gasteiger partial charge in [-0.15, -0.1) is 0 Å². The number of piperazine rings is 1. The second-order valence-corrected chi connectivity index (χ2v) is 4.77. The molecule has 1 aromatic rings. The van der Waals surface area contributed by atoms with E-state index < -0.39 is 0 Å².